The van der Waals surface area contributed by atoms with Gasteiger partial charge in [-0.05, 0) is 109 Å². The predicted octanol–water partition coefficient (Wildman–Crippen LogP) is 14.3. The van der Waals surface area contributed by atoms with Crippen molar-refractivity contribution in [2.75, 3.05) is 9.71 Å². The third-order valence-corrected chi connectivity index (χ3v) is 14.8. The van der Waals surface area contributed by atoms with Gasteiger partial charge in [0.15, 0.2) is 0 Å². The van der Waals surface area contributed by atoms with Crippen LogP contribution in [0.1, 0.15) is 22.3 Å². The Morgan fingerprint density at radius 1 is 0.385 bits per heavy atom. The van der Waals surface area contributed by atoms with Crippen molar-refractivity contribution in [1.29, 1.82) is 0 Å². The van der Waals surface area contributed by atoms with Crippen molar-refractivity contribution in [1.82, 2.24) is 0 Å². The second-order valence-corrected chi connectivity index (χ2v) is 17.9. The topological polar surface area (TPSA) is 19.6 Å². The Kier molecular flexibility index (Phi) is 6.96. The highest BCUT2D eigenvalue weighted by Gasteiger charge is 2.56. The van der Waals surface area contributed by atoms with Gasteiger partial charge in [0.25, 0.3) is 0 Å². The van der Waals surface area contributed by atoms with Crippen LogP contribution in [0.2, 0.25) is 0 Å². The van der Waals surface area contributed by atoms with E-state index in [1.807, 2.05) is 0 Å². The number of hydrogen-bond donors (Lipinski definition) is 0. The van der Waals surface area contributed by atoms with Gasteiger partial charge in [-0.3, -0.25) is 0 Å². The summed E-state index contributed by atoms with van der Waals surface area (Å²) in [4.78, 5) is 5.28. The van der Waals surface area contributed by atoms with Gasteiger partial charge in [-0.25, -0.2) is 0 Å². The molecule has 1 spiro atoms. The molecule has 1 aromatic heterocycles. The number of hydrogen-bond acceptors (Lipinski definition) is 3. The second kappa shape index (κ2) is 12.9. The van der Waals surface area contributed by atoms with E-state index in [-0.39, 0.29) is 6.85 Å². The normalized spacial score (nSPS) is 14.2. The number of anilines is 5. The van der Waals surface area contributed by atoms with Gasteiger partial charge in [-0.15, -0.1) is 0 Å². The first-order valence-corrected chi connectivity index (χ1v) is 22.6. The summed E-state index contributed by atoms with van der Waals surface area (Å²) in [5, 5.41) is 2.27. The molecule has 11 aromatic rings. The summed E-state index contributed by atoms with van der Waals surface area (Å²) in [6, 6.07) is 83.3. The van der Waals surface area contributed by atoms with Crippen molar-refractivity contribution in [3.8, 4) is 44.5 Å². The summed E-state index contributed by atoms with van der Waals surface area (Å²) in [7, 11) is 0. The standard InChI is InChI=1S/C61H37BN2O/c1-3-16-38(17-4-1)40-30-33-42(34-31-40)64-54-36-41(39-18-5-2-6-19-39)32-35-45(54)47-37-56-57(46-22-9-14-29-55(46)65-56)60-58(47)62(64)52-27-15-26-51-59(52)63(60)53-28-13-12-25-50(53)61(51)48-23-10-7-20-43(48)44-21-8-11-24-49(44)61/h1-37H. The largest absolute Gasteiger partial charge is 0.456 e. The third kappa shape index (κ3) is 4.50. The SMILES string of the molecule is c1ccc(-c2ccc(N3B4c5cccc6c5N(c5ccccc5C65c6ccccc6-c6ccccc65)c5c4c(cc4oc6ccccc6c54)-c4ccc(-c5ccccc5)cc43)cc2)cc1. The lowest BCUT2D eigenvalue weighted by atomic mass is 9.42. The highest BCUT2D eigenvalue weighted by atomic mass is 16.3. The Bertz CT molecular complexity index is 3750. The molecule has 4 heteroatoms. The molecular formula is C61H37BN2O. The summed E-state index contributed by atoms with van der Waals surface area (Å²) >= 11 is 0. The van der Waals surface area contributed by atoms with E-state index in [1.165, 1.54) is 100 Å². The summed E-state index contributed by atoms with van der Waals surface area (Å²) in [6.07, 6.45) is 0. The lowest BCUT2D eigenvalue weighted by molar-refractivity contribution is 0.669. The van der Waals surface area contributed by atoms with E-state index in [9.17, 15) is 0 Å². The molecule has 0 fully saturated rings. The number of benzene rings is 10. The lowest BCUT2D eigenvalue weighted by Crippen LogP contribution is -2.62. The summed E-state index contributed by atoms with van der Waals surface area (Å²) < 4.78 is 6.96. The minimum atomic E-state index is -0.548. The van der Waals surface area contributed by atoms with E-state index in [2.05, 4.69) is 234 Å². The molecule has 300 valence electrons. The van der Waals surface area contributed by atoms with Crippen LogP contribution < -0.4 is 20.6 Å². The van der Waals surface area contributed by atoms with E-state index in [1.54, 1.807) is 0 Å². The zero-order valence-electron chi connectivity index (χ0n) is 35.2. The van der Waals surface area contributed by atoms with E-state index in [4.69, 9.17) is 4.42 Å². The van der Waals surface area contributed by atoms with Gasteiger partial charge in [-0.1, -0.05) is 188 Å². The summed E-state index contributed by atoms with van der Waals surface area (Å²) in [5.41, 5.74) is 24.8. The number of fused-ring (bicyclic) bond motifs is 17. The van der Waals surface area contributed by atoms with Crippen molar-refractivity contribution in [2.45, 2.75) is 5.41 Å². The predicted molar refractivity (Wildman–Crippen MR) is 269 cm³/mol. The summed E-state index contributed by atoms with van der Waals surface area (Å²) in [5.74, 6) is 0. The molecule has 15 rings (SSSR count). The zero-order chi connectivity index (χ0) is 42.4. The van der Waals surface area contributed by atoms with Crippen LogP contribution in [0.5, 0.6) is 0 Å². The second-order valence-electron chi connectivity index (χ2n) is 17.9. The van der Waals surface area contributed by atoms with E-state index < -0.39 is 5.41 Å². The molecular weight excluding hydrogens is 787 g/mol. The number of para-hydroxylation sites is 3. The van der Waals surface area contributed by atoms with Crippen molar-refractivity contribution < 1.29 is 4.42 Å². The number of nitrogens with zero attached hydrogens (tertiary/aromatic N) is 2. The fraction of sp³-hybridized carbons (Fsp3) is 0.0164. The van der Waals surface area contributed by atoms with Crippen molar-refractivity contribution in [2.24, 2.45) is 0 Å². The van der Waals surface area contributed by atoms with Crippen molar-refractivity contribution in [3.63, 3.8) is 0 Å². The first-order valence-electron chi connectivity index (χ1n) is 22.6. The Morgan fingerprint density at radius 3 is 1.74 bits per heavy atom. The molecule has 0 bridgehead atoms. The first-order chi connectivity index (χ1) is 32.3. The fourth-order valence-corrected chi connectivity index (χ4v) is 12.3. The zero-order valence-corrected chi connectivity index (χ0v) is 35.2. The molecule has 0 N–H and O–H groups in total. The Labute approximate surface area is 377 Å². The highest BCUT2D eigenvalue weighted by Crippen LogP contribution is 2.64. The number of rotatable bonds is 3. The van der Waals surface area contributed by atoms with Gasteiger partial charge in [0.2, 0.25) is 0 Å². The van der Waals surface area contributed by atoms with Crippen LogP contribution in [-0.2, 0) is 5.41 Å². The molecule has 3 nitrogen and oxygen atoms in total. The summed E-state index contributed by atoms with van der Waals surface area (Å²) in [6.45, 7) is -0.181. The molecule has 4 heterocycles. The van der Waals surface area contributed by atoms with Gasteiger partial charge in [-0.2, -0.15) is 0 Å². The van der Waals surface area contributed by atoms with Crippen LogP contribution >= 0.6 is 0 Å². The Balaban J connectivity index is 1.11. The highest BCUT2D eigenvalue weighted by molar-refractivity contribution is 6.94. The van der Waals surface area contributed by atoms with Gasteiger partial charge < -0.3 is 14.1 Å². The average molecular weight is 825 g/mol. The van der Waals surface area contributed by atoms with Gasteiger partial charge in [0.05, 0.1) is 22.2 Å². The maximum Gasteiger partial charge on any atom is 0.333 e. The molecule has 0 amide bonds. The molecule has 4 aliphatic rings. The van der Waals surface area contributed by atoms with Crippen LogP contribution in [0.4, 0.5) is 28.4 Å². The fourth-order valence-electron chi connectivity index (χ4n) is 12.3. The monoisotopic (exact) mass is 824 g/mol. The third-order valence-electron chi connectivity index (χ3n) is 14.8. The van der Waals surface area contributed by atoms with Gasteiger partial charge in [0, 0.05) is 28.0 Å². The smallest absolute Gasteiger partial charge is 0.333 e. The van der Waals surface area contributed by atoms with E-state index >= 15 is 0 Å². The molecule has 0 atom stereocenters. The van der Waals surface area contributed by atoms with Crippen LogP contribution in [0.3, 0.4) is 0 Å². The van der Waals surface area contributed by atoms with Crippen molar-refractivity contribution in [3.05, 3.63) is 247 Å². The van der Waals surface area contributed by atoms with Gasteiger partial charge >= 0.3 is 6.85 Å². The van der Waals surface area contributed by atoms with E-state index in [0.29, 0.717) is 0 Å². The van der Waals surface area contributed by atoms with Crippen molar-refractivity contribution >= 4 is 68.1 Å². The van der Waals surface area contributed by atoms with Crippen LogP contribution in [0, 0.1) is 0 Å². The molecule has 0 saturated carbocycles. The molecule has 0 radical (unpaired) electrons. The number of furan rings is 1. The first kappa shape index (κ1) is 35.2. The maximum absolute atomic E-state index is 6.96. The minimum Gasteiger partial charge on any atom is -0.456 e. The van der Waals surface area contributed by atoms with Crippen LogP contribution in [0.15, 0.2) is 229 Å². The maximum atomic E-state index is 6.96. The molecule has 10 aromatic carbocycles. The minimum absolute atomic E-state index is 0.181. The quantitative estimate of drug-likeness (QED) is 0.166. The van der Waals surface area contributed by atoms with Crippen LogP contribution in [-0.4, -0.2) is 6.85 Å². The molecule has 3 aliphatic heterocycles. The molecule has 65 heavy (non-hydrogen) atoms. The molecule has 0 unspecified atom stereocenters. The molecule has 0 saturated heterocycles. The Morgan fingerprint density at radius 2 is 0.985 bits per heavy atom. The average Bonchev–Trinajstić information content (AvgIpc) is 3.90. The Hall–Kier alpha value is -8.34. The van der Waals surface area contributed by atoms with Gasteiger partial charge in [0.1, 0.15) is 11.2 Å². The lowest BCUT2D eigenvalue weighted by Gasteiger charge is -2.51. The van der Waals surface area contributed by atoms with E-state index in [0.717, 1.165) is 27.6 Å². The molecule has 1 aliphatic carbocycles. The van der Waals surface area contributed by atoms with Crippen LogP contribution in [0.25, 0.3) is 66.4 Å².